The van der Waals surface area contributed by atoms with Gasteiger partial charge in [0.25, 0.3) is 0 Å². The van der Waals surface area contributed by atoms with E-state index in [0.29, 0.717) is 11.8 Å². The van der Waals surface area contributed by atoms with Gasteiger partial charge < -0.3 is 0 Å². The summed E-state index contributed by atoms with van der Waals surface area (Å²) in [6.07, 6.45) is 12.6. The van der Waals surface area contributed by atoms with Gasteiger partial charge in [-0.15, -0.1) is 0 Å². The predicted octanol–water partition coefficient (Wildman–Crippen LogP) is 14.5. The van der Waals surface area contributed by atoms with Gasteiger partial charge in [0.2, 0.25) is 0 Å². The highest BCUT2D eigenvalue weighted by molar-refractivity contribution is 6.36. The number of benzene rings is 6. The molecular formula is C50H50Si. The van der Waals surface area contributed by atoms with Crippen LogP contribution in [-0.4, -0.2) is 9.52 Å². The van der Waals surface area contributed by atoms with E-state index >= 15 is 0 Å². The van der Waals surface area contributed by atoms with Crippen LogP contribution in [0.1, 0.15) is 97.6 Å². The van der Waals surface area contributed by atoms with E-state index in [1.165, 1.54) is 117 Å². The molecule has 0 N–H and O–H groups in total. The topological polar surface area (TPSA) is 0 Å². The monoisotopic (exact) mass is 678 g/mol. The fourth-order valence-corrected chi connectivity index (χ4v) is 10.8. The molecule has 6 aromatic rings. The Balaban J connectivity index is 1.12. The molecule has 51 heavy (non-hydrogen) atoms. The maximum atomic E-state index is 2.60. The first kappa shape index (κ1) is 33.7. The molecule has 0 amide bonds. The highest BCUT2D eigenvalue weighted by atomic mass is 28.2. The lowest BCUT2D eigenvalue weighted by molar-refractivity contribution is 0.730. The Kier molecular flexibility index (Phi) is 9.67. The zero-order chi connectivity index (χ0) is 34.9. The van der Waals surface area contributed by atoms with Gasteiger partial charge >= 0.3 is 0 Å². The Morgan fingerprint density at radius 3 is 1.39 bits per heavy atom. The molecule has 2 unspecified atom stereocenters. The summed E-state index contributed by atoms with van der Waals surface area (Å²) in [5.41, 5.74) is 17.7. The maximum Gasteiger partial charge on any atom is 0.0397 e. The molecule has 0 saturated heterocycles. The van der Waals surface area contributed by atoms with Gasteiger partial charge in [-0.1, -0.05) is 171 Å². The smallest absolute Gasteiger partial charge is 0.0397 e. The van der Waals surface area contributed by atoms with E-state index < -0.39 is 0 Å². The zero-order valence-electron chi connectivity index (χ0n) is 30.9. The summed E-state index contributed by atoms with van der Waals surface area (Å²) in [4.78, 5) is 0. The standard InChI is InChI=1S/C50H50Si/c1-5-7-15-37-29-45-41(21-13-23-43(45)49-33(3)25-27-35-17-9-11-19-39(35)49)47(37)31-51-32-48-38(16-8-6-2)30-46-42(48)22-14-24-44(46)50-34(4)26-28-36-18-10-12-20-40(36)50/h9-14,17-30,47-48H,5-8,15-16,31-32H2,1-4H3. The third-order valence-electron chi connectivity index (χ3n) is 11.7. The molecule has 2 radical (unpaired) electrons. The average molecular weight is 679 g/mol. The summed E-state index contributed by atoms with van der Waals surface area (Å²) in [5.74, 6) is 1.04. The molecule has 2 atom stereocenters. The highest BCUT2D eigenvalue weighted by Crippen LogP contribution is 2.49. The van der Waals surface area contributed by atoms with Crippen molar-refractivity contribution in [3.8, 4) is 22.3 Å². The van der Waals surface area contributed by atoms with Crippen LogP contribution in [0.3, 0.4) is 0 Å². The zero-order valence-corrected chi connectivity index (χ0v) is 31.9. The molecule has 0 aromatic heterocycles. The molecule has 0 heterocycles. The van der Waals surface area contributed by atoms with Gasteiger partial charge in [-0.25, -0.2) is 0 Å². The normalized spacial score (nSPS) is 16.4. The van der Waals surface area contributed by atoms with E-state index in [4.69, 9.17) is 0 Å². The molecule has 0 bridgehead atoms. The van der Waals surface area contributed by atoms with Crippen molar-refractivity contribution in [1.29, 1.82) is 0 Å². The molecular weight excluding hydrogens is 629 g/mol. The van der Waals surface area contributed by atoms with E-state index in [0.717, 1.165) is 9.52 Å². The molecule has 6 aromatic carbocycles. The Morgan fingerprint density at radius 1 is 0.490 bits per heavy atom. The molecule has 2 aliphatic carbocycles. The van der Waals surface area contributed by atoms with Crippen molar-refractivity contribution in [3.05, 3.63) is 154 Å². The number of hydrogen-bond acceptors (Lipinski definition) is 0. The van der Waals surface area contributed by atoms with Gasteiger partial charge in [0.1, 0.15) is 0 Å². The van der Waals surface area contributed by atoms with Crippen molar-refractivity contribution in [1.82, 2.24) is 0 Å². The SMILES string of the molecule is CCCCC1=Cc2c(-c3c(C)ccc4ccccc34)cccc2C1C[Si]CC1C(CCCC)=Cc2c(-c3c(C)ccc4ccccc34)cccc21. The minimum absolute atomic E-state index is 0.522. The van der Waals surface area contributed by atoms with Gasteiger partial charge in [-0.2, -0.15) is 0 Å². The van der Waals surface area contributed by atoms with E-state index in [1.54, 1.807) is 22.3 Å². The van der Waals surface area contributed by atoms with Crippen LogP contribution >= 0.6 is 0 Å². The Labute approximate surface area is 308 Å². The van der Waals surface area contributed by atoms with Crippen molar-refractivity contribution in [2.75, 3.05) is 0 Å². The van der Waals surface area contributed by atoms with E-state index in [2.05, 4.69) is 149 Å². The largest absolute Gasteiger partial charge is 0.0654 e. The minimum atomic E-state index is 0.522. The molecule has 0 saturated carbocycles. The Hall–Kier alpha value is -4.46. The minimum Gasteiger partial charge on any atom is -0.0654 e. The van der Waals surface area contributed by atoms with Gasteiger partial charge in [0.15, 0.2) is 0 Å². The van der Waals surface area contributed by atoms with Crippen LogP contribution in [0.4, 0.5) is 0 Å². The van der Waals surface area contributed by atoms with Crippen molar-refractivity contribution >= 4 is 43.2 Å². The number of rotatable bonds is 12. The molecule has 0 nitrogen and oxygen atoms in total. The Morgan fingerprint density at radius 2 is 0.941 bits per heavy atom. The van der Waals surface area contributed by atoms with Crippen molar-refractivity contribution in [2.24, 2.45) is 0 Å². The predicted molar refractivity (Wildman–Crippen MR) is 224 cm³/mol. The lowest BCUT2D eigenvalue weighted by atomic mass is 9.88. The summed E-state index contributed by atoms with van der Waals surface area (Å²) < 4.78 is 0. The first-order valence-corrected chi connectivity index (χ1v) is 20.8. The van der Waals surface area contributed by atoms with Gasteiger partial charge in [-0.3, -0.25) is 0 Å². The Bertz CT molecular complexity index is 2140. The molecule has 0 spiro atoms. The number of aryl methyl sites for hydroxylation is 2. The van der Waals surface area contributed by atoms with Crippen LogP contribution < -0.4 is 0 Å². The summed E-state index contributed by atoms with van der Waals surface area (Å²) in [6.45, 7) is 9.24. The summed E-state index contributed by atoms with van der Waals surface area (Å²) >= 11 is 0. The third-order valence-corrected chi connectivity index (χ3v) is 13.1. The summed E-state index contributed by atoms with van der Waals surface area (Å²) in [6, 6.07) is 43.8. The molecule has 2 aliphatic rings. The lowest BCUT2D eigenvalue weighted by Gasteiger charge is -2.21. The molecule has 254 valence electrons. The van der Waals surface area contributed by atoms with E-state index in [1.807, 2.05) is 0 Å². The van der Waals surface area contributed by atoms with Crippen LogP contribution in [0.2, 0.25) is 12.1 Å². The molecule has 8 rings (SSSR count). The molecule has 0 aliphatic heterocycles. The highest BCUT2D eigenvalue weighted by Gasteiger charge is 2.31. The maximum absolute atomic E-state index is 2.60. The number of fused-ring (bicyclic) bond motifs is 4. The fraction of sp³-hybridized carbons (Fsp3) is 0.280. The van der Waals surface area contributed by atoms with Gasteiger partial charge in [0.05, 0.1) is 0 Å². The second-order valence-electron chi connectivity index (χ2n) is 15.0. The van der Waals surface area contributed by atoms with E-state index in [9.17, 15) is 0 Å². The first-order valence-electron chi connectivity index (χ1n) is 19.4. The van der Waals surface area contributed by atoms with Crippen LogP contribution in [-0.2, 0) is 0 Å². The second kappa shape index (κ2) is 14.6. The van der Waals surface area contributed by atoms with Gasteiger partial charge in [-0.05, 0) is 117 Å². The summed E-state index contributed by atoms with van der Waals surface area (Å²) in [7, 11) is 0.916. The van der Waals surface area contributed by atoms with Crippen LogP contribution in [0.25, 0.3) is 56.0 Å². The summed E-state index contributed by atoms with van der Waals surface area (Å²) in [5, 5.41) is 5.38. The van der Waals surface area contributed by atoms with Crippen LogP contribution in [0.15, 0.2) is 120 Å². The average Bonchev–Trinajstić information content (AvgIpc) is 3.70. The van der Waals surface area contributed by atoms with Crippen molar-refractivity contribution in [3.63, 3.8) is 0 Å². The van der Waals surface area contributed by atoms with Crippen LogP contribution in [0.5, 0.6) is 0 Å². The first-order chi connectivity index (χ1) is 25.1. The number of unbranched alkanes of at least 4 members (excludes halogenated alkanes) is 2. The van der Waals surface area contributed by atoms with Crippen LogP contribution in [0, 0.1) is 13.8 Å². The number of hydrogen-bond donors (Lipinski definition) is 0. The molecule has 1 heteroatoms. The van der Waals surface area contributed by atoms with Gasteiger partial charge in [0, 0.05) is 21.4 Å². The van der Waals surface area contributed by atoms with Crippen molar-refractivity contribution < 1.29 is 0 Å². The van der Waals surface area contributed by atoms with E-state index in [-0.39, 0.29) is 0 Å². The quantitative estimate of drug-likeness (QED) is 0.113. The van der Waals surface area contributed by atoms with Crippen molar-refractivity contribution in [2.45, 2.75) is 90.1 Å². The third kappa shape index (κ3) is 6.25. The lowest BCUT2D eigenvalue weighted by Crippen LogP contribution is -2.08. The fourth-order valence-electron chi connectivity index (χ4n) is 9.09. The molecule has 0 fully saturated rings. The second-order valence-corrected chi connectivity index (χ2v) is 16.3. The number of allylic oxidation sites excluding steroid dienone is 2.